The van der Waals surface area contributed by atoms with Gasteiger partial charge in [0.25, 0.3) is 0 Å². The molecule has 0 spiro atoms. The van der Waals surface area contributed by atoms with Crippen molar-refractivity contribution in [2.75, 3.05) is 0 Å². The van der Waals surface area contributed by atoms with E-state index in [0.717, 1.165) is 0 Å². The SMILES string of the molecule is N#C[C@@H]1C[C@]2(C(=O)O)CC=C[C@@H](C2)O1. The summed E-state index contributed by atoms with van der Waals surface area (Å²) in [6.07, 6.45) is 4.24. The van der Waals surface area contributed by atoms with Crippen molar-refractivity contribution in [2.45, 2.75) is 31.5 Å². The Kier molecular flexibility index (Phi) is 2.05. The molecule has 1 fully saturated rings. The number of carbonyl (C=O) groups is 1. The lowest BCUT2D eigenvalue weighted by Gasteiger charge is -2.40. The Bertz CT molecular complexity index is 331. The van der Waals surface area contributed by atoms with E-state index in [-0.39, 0.29) is 6.10 Å². The number of carboxylic acids is 1. The molecular formula is C10H11NO3. The number of ether oxygens (including phenoxy) is 1. The number of rotatable bonds is 1. The smallest absolute Gasteiger partial charge is 0.310 e. The quantitative estimate of drug-likeness (QED) is 0.633. The summed E-state index contributed by atoms with van der Waals surface area (Å²) < 4.78 is 5.37. The molecule has 0 unspecified atom stereocenters. The molecule has 74 valence electrons. The molecule has 2 aliphatic rings. The third kappa shape index (κ3) is 1.30. The Labute approximate surface area is 81.8 Å². The Morgan fingerprint density at radius 2 is 2.43 bits per heavy atom. The minimum atomic E-state index is -0.810. The van der Waals surface area contributed by atoms with Crippen LogP contribution in [-0.4, -0.2) is 23.3 Å². The Morgan fingerprint density at radius 1 is 1.64 bits per heavy atom. The lowest BCUT2D eigenvalue weighted by molar-refractivity contribution is -0.161. The lowest BCUT2D eigenvalue weighted by atomic mass is 9.70. The predicted octanol–water partition coefficient (Wildman–Crippen LogP) is 1.09. The number of fused-ring (bicyclic) bond motifs is 2. The highest BCUT2D eigenvalue weighted by Crippen LogP contribution is 2.43. The molecule has 1 saturated heterocycles. The third-order valence-corrected chi connectivity index (χ3v) is 2.96. The molecule has 1 N–H and O–H groups in total. The van der Waals surface area contributed by atoms with Crippen molar-refractivity contribution in [2.24, 2.45) is 5.41 Å². The second-order valence-electron chi connectivity index (χ2n) is 3.92. The molecule has 0 radical (unpaired) electrons. The van der Waals surface area contributed by atoms with Gasteiger partial charge in [0.15, 0.2) is 0 Å². The second-order valence-corrected chi connectivity index (χ2v) is 3.92. The molecule has 2 bridgehead atoms. The van der Waals surface area contributed by atoms with E-state index in [1.165, 1.54) is 0 Å². The minimum absolute atomic E-state index is 0.196. The van der Waals surface area contributed by atoms with Gasteiger partial charge >= 0.3 is 5.97 Å². The van der Waals surface area contributed by atoms with Crippen LogP contribution in [0.2, 0.25) is 0 Å². The molecule has 4 nitrogen and oxygen atoms in total. The van der Waals surface area contributed by atoms with E-state index >= 15 is 0 Å². The van der Waals surface area contributed by atoms with E-state index in [1.807, 2.05) is 18.2 Å². The average Bonchev–Trinajstić information content (AvgIpc) is 2.17. The van der Waals surface area contributed by atoms with Crippen molar-refractivity contribution in [3.05, 3.63) is 12.2 Å². The molecule has 0 saturated carbocycles. The zero-order chi connectivity index (χ0) is 10.2. The maximum atomic E-state index is 11.1. The highest BCUT2D eigenvalue weighted by Gasteiger charge is 2.47. The second kappa shape index (κ2) is 3.10. The molecule has 0 aromatic carbocycles. The summed E-state index contributed by atoms with van der Waals surface area (Å²) in [5.41, 5.74) is -0.766. The van der Waals surface area contributed by atoms with Gasteiger partial charge in [-0.3, -0.25) is 4.79 Å². The molecule has 3 atom stereocenters. The predicted molar refractivity (Wildman–Crippen MR) is 47.3 cm³/mol. The van der Waals surface area contributed by atoms with Gasteiger partial charge < -0.3 is 9.84 Å². The van der Waals surface area contributed by atoms with Crippen LogP contribution in [0.3, 0.4) is 0 Å². The summed E-state index contributed by atoms with van der Waals surface area (Å²) in [4.78, 5) is 11.1. The molecule has 1 heterocycles. The number of allylic oxidation sites excluding steroid dienone is 1. The van der Waals surface area contributed by atoms with Crippen molar-refractivity contribution < 1.29 is 14.6 Å². The number of aliphatic carboxylic acids is 1. The van der Waals surface area contributed by atoms with Gasteiger partial charge in [0.1, 0.15) is 6.10 Å². The molecule has 2 rings (SSSR count). The molecule has 0 amide bonds. The van der Waals surface area contributed by atoms with Gasteiger partial charge in [0, 0.05) is 6.42 Å². The number of hydrogen-bond donors (Lipinski definition) is 1. The highest BCUT2D eigenvalue weighted by molar-refractivity contribution is 5.75. The summed E-state index contributed by atoms with van der Waals surface area (Å²) in [5, 5.41) is 17.9. The maximum absolute atomic E-state index is 11.1. The van der Waals surface area contributed by atoms with Crippen LogP contribution in [0.5, 0.6) is 0 Å². The minimum Gasteiger partial charge on any atom is -0.481 e. The molecule has 0 aromatic rings. The maximum Gasteiger partial charge on any atom is 0.310 e. The monoisotopic (exact) mass is 193 g/mol. The van der Waals surface area contributed by atoms with Crippen LogP contribution in [0.25, 0.3) is 0 Å². The Balaban J connectivity index is 2.29. The first kappa shape index (κ1) is 9.22. The van der Waals surface area contributed by atoms with E-state index in [0.29, 0.717) is 19.3 Å². The molecule has 1 aliphatic heterocycles. The number of hydrogen-bond acceptors (Lipinski definition) is 3. The van der Waals surface area contributed by atoms with Gasteiger partial charge in [-0.1, -0.05) is 12.2 Å². The summed E-state index contributed by atoms with van der Waals surface area (Å²) in [7, 11) is 0. The van der Waals surface area contributed by atoms with Gasteiger partial charge in [-0.25, -0.2) is 0 Å². The Morgan fingerprint density at radius 3 is 3.07 bits per heavy atom. The zero-order valence-corrected chi connectivity index (χ0v) is 7.64. The number of carboxylic acid groups (broad SMARTS) is 1. The van der Waals surface area contributed by atoms with Crippen molar-refractivity contribution in [3.63, 3.8) is 0 Å². The highest BCUT2D eigenvalue weighted by atomic mass is 16.5. The molecule has 14 heavy (non-hydrogen) atoms. The van der Waals surface area contributed by atoms with Crippen molar-refractivity contribution in [1.82, 2.24) is 0 Å². The van der Waals surface area contributed by atoms with E-state index in [2.05, 4.69) is 0 Å². The van der Waals surface area contributed by atoms with Crippen LogP contribution in [-0.2, 0) is 9.53 Å². The van der Waals surface area contributed by atoms with Crippen molar-refractivity contribution >= 4 is 5.97 Å². The van der Waals surface area contributed by atoms with Gasteiger partial charge in [0.05, 0.1) is 17.6 Å². The van der Waals surface area contributed by atoms with E-state index in [9.17, 15) is 4.79 Å². The van der Waals surface area contributed by atoms with Gasteiger partial charge in [-0.05, 0) is 12.8 Å². The summed E-state index contributed by atoms with van der Waals surface area (Å²) in [6, 6.07) is 1.99. The Hall–Kier alpha value is -1.34. The van der Waals surface area contributed by atoms with Crippen LogP contribution >= 0.6 is 0 Å². The topological polar surface area (TPSA) is 70.3 Å². The summed E-state index contributed by atoms with van der Waals surface area (Å²) >= 11 is 0. The fraction of sp³-hybridized carbons (Fsp3) is 0.600. The zero-order valence-electron chi connectivity index (χ0n) is 7.64. The molecule has 1 aliphatic carbocycles. The summed E-state index contributed by atoms with van der Waals surface area (Å²) in [6.45, 7) is 0. The van der Waals surface area contributed by atoms with Crippen LogP contribution in [0, 0.1) is 16.7 Å². The van der Waals surface area contributed by atoms with E-state index in [4.69, 9.17) is 15.1 Å². The van der Waals surface area contributed by atoms with Crippen molar-refractivity contribution in [3.8, 4) is 6.07 Å². The van der Waals surface area contributed by atoms with E-state index in [1.54, 1.807) is 0 Å². The van der Waals surface area contributed by atoms with Gasteiger partial charge in [0.2, 0.25) is 0 Å². The largest absolute Gasteiger partial charge is 0.481 e. The number of nitrogens with zero attached hydrogens (tertiary/aromatic N) is 1. The fourth-order valence-corrected chi connectivity index (χ4v) is 2.19. The van der Waals surface area contributed by atoms with Crippen LogP contribution < -0.4 is 0 Å². The van der Waals surface area contributed by atoms with Gasteiger partial charge in [-0.2, -0.15) is 5.26 Å². The van der Waals surface area contributed by atoms with E-state index < -0.39 is 17.5 Å². The lowest BCUT2D eigenvalue weighted by Crippen LogP contribution is -2.45. The molecular weight excluding hydrogens is 182 g/mol. The number of nitriles is 1. The van der Waals surface area contributed by atoms with Crippen LogP contribution in [0.15, 0.2) is 12.2 Å². The normalized spacial score (nSPS) is 40.2. The fourth-order valence-electron chi connectivity index (χ4n) is 2.19. The molecule has 4 heteroatoms. The first-order valence-corrected chi connectivity index (χ1v) is 4.61. The van der Waals surface area contributed by atoms with Gasteiger partial charge in [-0.15, -0.1) is 0 Å². The van der Waals surface area contributed by atoms with Crippen LogP contribution in [0.4, 0.5) is 0 Å². The molecule has 0 aromatic heterocycles. The summed E-state index contributed by atoms with van der Waals surface area (Å²) in [5.74, 6) is -0.810. The van der Waals surface area contributed by atoms with Crippen molar-refractivity contribution in [1.29, 1.82) is 5.26 Å². The third-order valence-electron chi connectivity index (χ3n) is 2.96. The first-order chi connectivity index (χ1) is 6.66. The van der Waals surface area contributed by atoms with Crippen LogP contribution in [0.1, 0.15) is 19.3 Å². The first-order valence-electron chi connectivity index (χ1n) is 4.61. The average molecular weight is 193 g/mol. The standard InChI is InChI=1S/C10H11NO3/c11-6-8-5-10(9(12)13)3-1-2-7(4-10)14-8/h1-2,7-8H,3-5H2,(H,12,13)/t7-,8-,10-/m0/s1.